The Labute approximate surface area is 116 Å². The second-order valence-electron chi connectivity index (χ2n) is 4.20. The summed E-state index contributed by atoms with van der Waals surface area (Å²) in [5.74, 6) is 0. The lowest BCUT2D eigenvalue weighted by Crippen LogP contribution is -1.79. The minimum atomic E-state index is 0.963. The fourth-order valence-corrected chi connectivity index (χ4v) is 3.05. The van der Waals surface area contributed by atoms with Gasteiger partial charge in [-0.05, 0) is 19.1 Å². The summed E-state index contributed by atoms with van der Waals surface area (Å²) < 4.78 is 3.40. The molecule has 0 fully saturated rings. The quantitative estimate of drug-likeness (QED) is 0.628. The van der Waals surface area contributed by atoms with Gasteiger partial charge in [0.15, 0.2) is 4.96 Å². The van der Waals surface area contributed by atoms with Gasteiger partial charge in [-0.25, -0.2) is 4.98 Å². The molecule has 2 aromatic heterocycles. The van der Waals surface area contributed by atoms with Gasteiger partial charge in [-0.1, -0.05) is 54.4 Å². The van der Waals surface area contributed by atoms with E-state index < -0.39 is 0 Å². The van der Waals surface area contributed by atoms with Gasteiger partial charge in [0, 0.05) is 11.8 Å². The predicted octanol–water partition coefficient (Wildman–Crippen LogP) is 4.69. The maximum absolute atomic E-state index is 4.68. The molecule has 1 aromatic carbocycles. The Morgan fingerprint density at radius 2 is 2.21 bits per heavy atom. The lowest BCUT2D eigenvalue weighted by molar-refractivity contribution is 1.30. The molecule has 0 radical (unpaired) electrons. The first-order valence-electron chi connectivity index (χ1n) is 6.16. The van der Waals surface area contributed by atoms with Crippen molar-refractivity contribution < 1.29 is 0 Å². The van der Waals surface area contributed by atoms with Crippen LogP contribution >= 0.6 is 11.3 Å². The molecule has 3 rings (SSSR count). The van der Waals surface area contributed by atoms with Crippen LogP contribution in [-0.4, -0.2) is 9.38 Å². The number of nitrogens with zero attached hydrogens (tertiary/aromatic N) is 2. The Morgan fingerprint density at radius 3 is 3.00 bits per heavy atom. The second-order valence-corrected chi connectivity index (χ2v) is 5.21. The molecule has 0 saturated carbocycles. The third-order valence-corrected chi connectivity index (χ3v) is 4.02. The molecule has 0 aliphatic rings. The molecule has 19 heavy (non-hydrogen) atoms. The number of imidazole rings is 1. The van der Waals surface area contributed by atoms with Crippen molar-refractivity contribution in [1.29, 1.82) is 0 Å². The summed E-state index contributed by atoms with van der Waals surface area (Å²) in [4.78, 5) is 5.70. The third kappa shape index (κ3) is 2.02. The number of benzene rings is 1. The molecule has 0 atom stereocenters. The van der Waals surface area contributed by atoms with Crippen LogP contribution in [0.25, 0.3) is 20.8 Å². The standard InChI is InChI=1S/C16H14N2S/c1-3-5-8-12(4-2)13-11-18-14-9-6-7-10-15(14)19-16(18)17-13/h3-11H,2H2,1H3/b5-3-,12-8+. The van der Waals surface area contributed by atoms with Gasteiger partial charge in [0.25, 0.3) is 0 Å². The molecule has 0 aliphatic carbocycles. The maximum Gasteiger partial charge on any atom is 0.195 e. The van der Waals surface area contributed by atoms with Crippen LogP contribution in [-0.2, 0) is 0 Å². The van der Waals surface area contributed by atoms with E-state index in [1.807, 2.05) is 31.2 Å². The fraction of sp³-hybridized carbons (Fsp3) is 0.0625. The molecule has 0 bridgehead atoms. The van der Waals surface area contributed by atoms with Crippen LogP contribution in [0.15, 0.2) is 61.3 Å². The summed E-state index contributed by atoms with van der Waals surface area (Å²) in [6, 6.07) is 8.35. The molecule has 0 spiro atoms. The van der Waals surface area contributed by atoms with E-state index in [0.717, 1.165) is 16.2 Å². The normalized spacial score (nSPS) is 12.8. The topological polar surface area (TPSA) is 17.3 Å². The SMILES string of the molecule is C=C/C(=C\C=C/C)c1cn2c(n1)sc1ccccc12. The molecule has 0 amide bonds. The number of allylic oxidation sites excluding steroid dienone is 5. The van der Waals surface area contributed by atoms with E-state index in [4.69, 9.17) is 0 Å². The summed E-state index contributed by atoms with van der Waals surface area (Å²) in [6.07, 6.45) is 9.95. The number of hydrogen-bond donors (Lipinski definition) is 0. The molecular weight excluding hydrogens is 252 g/mol. The van der Waals surface area contributed by atoms with E-state index in [9.17, 15) is 0 Å². The van der Waals surface area contributed by atoms with Crippen molar-refractivity contribution in [2.45, 2.75) is 6.92 Å². The molecule has 0 unspecified atom stereocenters. The van der Waals surface area contributed by atoms with E-state index in [1.54, 1.807) is 11.3 Å². The fourth-order valence-electron chi connectivity index (χ4n) is 2.05. The van der Waals surface area contributed by atoms with Gasteiger partial charge >= 0.3 is 0 Å². The molecule has 0 saturated heterocycles. The highest BCUT2D eigenvalue weighted by Gasteiger charge is 2.09. The van der Waals surface area contributed by atoms with E-state index >= 15 is 0 Å². The van der Waals surface area contributed by atoms with Crippen LogP contribution in [0, 0.1) is 0 Å². The Bertz CT molecular complexity index is 802. The lowest BCUT2D eigenvalue weighted by Gasteiger charge is -1.94. The van der Waals surface area contributed by atoms with Crippen LogP contribution in [0.4, 0.5) is 0 Å². The zero-order valence-electron chi connectivity index (χ0n) is 10.7. The van der Waals surface area contributed by atoms with E-state index in [-0.39, 0.29) is 0 Å². The minimum Gasteiger partial charge on any atom is -0.290 e. The summed E-state index contributed by atoms with van der Waals surface area (Å²) in [6.45, 7) is 5.86. The van der Waals surface area contributed by atoms with Crippen LogP contribution in [0.3, 0.4) is 0 Å². The van der Waals surface area contributed by atoms with Crippen LogP contribution < -0.4 is 0 Å². The first-order chi connectivity index (χ1) is 9.33. The highest BCUT2D eigenvalue weighted by Crippen LogP contribution is 2.27. The number of rotatable bonds is 3. The highest BCUT2D eigenvalue weighted by atomic mass is 32.1. The van der Waals surface area contributed by atoms with E-state index in [2.05, 4.69) is 46.4 Å². The predicted molar refractivity (Wildman–Crippen MR) is 83.6 cm³/mol. The summed E-state index contributed by atoms with van der Waals surface area (Å²) in [7, 11) is 0. The van der Waals surface area contributed by atoms with Gasteiger partial charge in [-0.3, -0.25) is 4.40 Å². The van der Waals surface area contributed by atoms with Crippen molar-refractivity contribution in [3.63, 3.8) is 0 Å². The van der Waals surface area contributed by atoms with Crippen molar-refractivity contribution in [1.82, 2.24) is 9.38 Å². The lowest BCUT2D eigenvalue weighted by atomic mass is 10.2. The van der Waals surface area contributed by atoms with Crippen molar-refractivity contribution >= 4 is 32.1 Å². The average molecular weight is 266 g/mol. The van der Waals surface area contributed by atoms with Gasteiger partial charge in [0.05, 0.1) is 15.9 Å². The second kappa shape index (κ2) is 4.86. The summed E-state index contributed by atoms with van der Waals surface area (Å²) in [5.41, 5.74) is 3.21. The first-order valence-corrected chi connectivity index (χ1v) is 6.97. The Kier molecular flexibility index (Phi) is 3.05. The Morgan fingerprint density at radius 1 is 1.37 bits per heavy atom. The van der Waals surface area contributed by atoms with Crippen molar-refractivity contribution in [3.05, 3.63) is 67.0 Å². The van der Waals surface area contributed by atoms with E-state index in [0.29, 0.717) is 0 Å². The van der Waals surface area contributed by atoms with Crippen molar-refractivity contribution in [3.8, 4) is 0 Å². The van der Waals surface area contributed by atoms with Gasteiger partial charge in [-0.2, -0.15) is 0 Å². The minimum absolute atomic E-state index is 0.963. The maximum atomic E-state index is 4.68. The molecule has 3 aromatic rings. The summed E-state index contributed by atoms with van der Waals surface area (Å²) in [5, 5.41) is 0. The Hall–Kier alpha value is -2.13. The van der Waals surface area contributed by atoms with E-state index in [1.165, 1.54) is 10.2 Å². The molecular formula is C16H14N2S. The molecule has 2 heterocycles. The monoisotopic (exact) mass is 266 g/mol. The molecule has 0 aliphatic heterocycles. The zero-order chi connectivity index (χ0) is 13.2. The number of para-hydroxylation sites is 1. The zero-order valence-corrected chi connectivity index (χ0v) is 11.5. The first kappa shape index (κ1) is 11.9. The molecule has 94 valence electrons. The average Bonchev–Trinajstić information content (AvgIpc) is 2.97. The highest BCUT2D eigenvalue weighted by molar-refractivity contribution is 7.23. The largest absolute Gasteiger partial charge is 0.290 e. The number of aromatic nitrogens is 2. The van der Waals surface area contributed by atoms with Gasteiger partial charge in [0.1, 0.15) is 0 Å². The van der Waals surface area contributed by atoms with Crippen molar-refractivity contribution in [2.24, 2.45) is 0 Å². The smallest absolute Gasteiger partial charge is 0.195 e. The number of fused-ring (bicyclic) bond motifs is 3. The van der Waals surface area contributed by atoms with Crippen LogP contribution in [0.2, 0.25) is 0 Å². The van der Waals surface area contributed by atoms with Crippen LogP contribution in [0.1, 0.15) is 12.6 Å². The molecule has 3 heteroatoms. The molecule has 2 nitrogen and oxygen atoms in total. The molecule has 0 N–H and O–H groups in total. The Balaban J connectivity index is 2.19. The van der Waals surface area contributed by atoms with Gasteiger partial charge < -0.3 is 0 Å². The van der Waals surface area contributed by atoms with Crippen molar-refractivity contribution in [2.75, 3.05) is 0 Å². The van der Waals surface area contributed by atoms with Gasteiger partial charge in [-0.15, -0.1) is 0 Å². The van der Waals surface area contributed by atoms with Gasteiger partial charge in [0.2, 0.25) is 0 Å². The summed E-state index contributed by atoms with van der Waals surface area (Å²) >= 11 is 1.71. The third-order valence-electron chi connectivity index (χ3n) is 2.98. The van der Waals surface area contributed by atoms with Crippen LogP contribution in [0.5, 0.6) is 0 Å². The number of thiazole rings is 1. The number of hydrogen-bond acceptors (Lipinski definition) is 2.